The lowest BCUT2D eigenvalue weighted by atomic mass is 9.99. The van der Waals surface area contributed by atoms with Gasteiger partial charge >= 0.3 is 0 Å². The van der Waals surface area contributed by atoms with Crippen molar-refractivity contribution in [3.05, 3.63) is 52.4 Å². The third-order valence-electron chi connectivity index (χ3n) is 4.39. The first-order chi connectivity index (χ1) is 11.6. The number of likely N-dealkylation sites (tertiary alicyclic amines) is 1. The Morgan fingerprint density at radius 3 is 2.50 bits per heavy atom. The standard InChI is InChI=1S/C18H21N3O3/c1-13-8-10-20(11-9-13)18(23)17-15(24-2)12-16(22)21(19-17)14-6-4-3-5-7-14/h3-7,12-13H,8-11H2,1-2H3. The minimum atomic E-state index is -0.332. The van der Waals surface area contributed by atoms with Crippen LogP contribution in [0.1, 0.15) is 30.3 Å². The zero-order chi connectivity index (χ0) is 17.1. The van der Waals surface area contributed by atoms with Crippen molar-refractivity contribution in [3.63, 3.8) is 0 Å². The molecule has 6 nitrogen and oxygen atoms in total. The smallest absolute Gasteiger partial charge is 0.278 e. The van der Waals surface area contributed by atoms with Gasteiger partial charge in [0.25, 0.3) is 11.5 Å². The molecule has 2 aromatic rings. The Kier molecular flexibility index (Phi) is 4.64. The van der Waals surface area contributed by atoms with Crippen LogP contribution in [0.5, 0.6) is 5.75 Å². The van der Waals surface area contributed by atoms with Crippen LogP contribution in [-0.4, -0.2) is 40.8 Å². The van der Waals surface area contributed by atoms with E-state index in [1.165, 1.54) is 17.9 Å². The van der Waals surface area contributed by atoms with Gasteiger partial charge in [-0.25, -0.2) is 0 Å². The molecule has 1 aliphatic rings. The average Bonchev–Trinajstić information content (AvgIpc) is 2.62. The van der Waals surface area contributed by atoms with Gasteiger partial charge in [0, 0.05) is 13.1 Å². The number of para-hydroxylation sites is 1. The number of rotatable bonds is 3. The average molecular weight is 327 g/mol. The van der Waals surface area contributed by atoms with E-state index >= 15 is 0 Å². The van der Waals surface area contributed by atoms with E-state index in [9.17, 15) is 9.59 Å². The molecule has 1 aromatic heterocycles. The lowest BCUT2D eigenvalue weighted by molar-refractivity contribution is 0.0685. The summed E-state index contributed by atoms with van der Waals surface area (Å²) in [6.45, 7) is 3.60. The number of benzene rings is 1. The molecule has 0 saturated carbocycles. The van der Waals surface area contributed by atoms with Gasteiger partial charge in [-0.15, -0.1) is 0 Å². The maximum atomic E-state index is 12.8. The molecule has 0 spiro atoms. The summed E-state index contributed by atoms with van der Waals surface area (Å²) in [4.78, 5) is 26.9. The van der Waals surface area contributed by atoms with Gasteiger partial charge in [-0.2, -0.15) is 9.78 Å². The number of amides is 1. The van der Waals surface area contributed by atoms with Gasteiger partial charge in [0.05, 0.1) is 18.9 Å². The first-order valence-corrected chi connectivity index (χ1v) is 8.13. The zero-order valence-electron chi connectivity index (χ0n) is 13.9. The maximum Gasteiger partial charge on any atom is 0.278 e. The summed E-state index contributed by atoms with van der Waals surface area (Å²) in [5.74, 6) is 0.654. The molecule has 0 N–H and O–H groups in total. The van der Waals surface area contributed by atoms with Crippen LogP contribution in [0, 0.1) is 5.92 Å². The molecule has 1 aromatic carbocycles. The predicted molar refractivity (Wildman–Crippen MR) is 90.7 cm³/mol. The van der Waals surface area contributed by atoms with Crippen molar-refractivity contribution in [2.24, 2.45) is 5.92 Å². The molecule has 6 heteroatoms. The summed E-state index contributed by atoms with van der Waals surface area (Å²) in [5, 5.41) is 4.30. The largest absolute Gasteiger partial charge is 0.494 e. The van der Waals surface area contributed by atoms with Crippen molar-refractivity contribution in [3.8, 4) is 11.4 Å². The highest BCUT2D eigenvalue weighted by molar-refractivity contribution is 5.94. The molecule has 1 aliphatic heterocycles. The van der Waals surface area contributed by atoms with E-state index in [1.807, 2.05) is 18.2 Å². The highest BCUT2D eigenvalue weighted by Crippen LogP contribution is 2.21. The Hall–Kier alpha value is -2.63. The molecule has 0 radical (unpaired) electrons. The van der Waals surface area contributed by atoms with Crippen molar-refractivity contribution >= 4 is 5.91 Å². The molecule has 1 amide bonds. The van der Waals surface area contributed by atoms with Crippen LogP contribution in [0.15, 0.2) is 41.2 Å². The Morgan fingerprint density at radius 1 is 1.21 bits per heavy atom. The first kappa shape index (κ1) is 16.2. The van der Waals surface area contributed by atoms with Crippen molar-refractivity contribution in [2.45, 2.75) is 19.8 Å². The van der Waals surface area contributed by atoms with E-state index in [1.54, 1.807) is 17.0 Å². The number of methoxy groups -OCH3 is 1. The molecule has 2 heterocycles. The SMILES string of the molecule is COc1cc(=O)n(-c2ccccc2)nc1C(=O)N1CCC(C)CC1. The number of carbonyl (C=O) groups is 1. The highest BCUT2D eigenvalue weighted by atomic mass is 16.5. The van der Waals surface area contributed by atoms with Crippen LogP contribution in [0.25, 0.3) is 5.69 Å². The molecule has 3 rings (SSSR count). The van der Waals surface area contributed by atoms with Gasteiger partial charge in [0.15, 0.2) is 11.4 Å². The van der Waals surface area contributed by atoms with Crippen LogP contribution in [0.2, 0.25) is 0 Å². The minimum absolute atomic E-state index is 0.176. The fraction of sp³-hybridized carbons (Fsp3) is 0.389. The van der Waals surface area contributed by atoms with E-state index in [0.717, 1.165) is 12.8 Å². The Morgan fingerprint density at radius 2 is 1.88 bits per heavy atom. The van der Waals surface area contributed by atoms with Crippen LogP contribution in [0.4, 0.5) is 0 Å². The maximum absolute atomic E-state index is 12.8. The molecular weight excluding hydrogens is 306 g/mol. The highest BCUT2D eigenvalue weighted by Gasteiger charge is 2.26. The van der Waals surface area contributed by atoms with Crippen molar-refractivity contribution < 1.29 is 9.53 Å². The van der Waals surface area contributed by atoms with Crippen molar-refractivity contribution in [1.82, 2.24) is 14.7 Å². The number of carbonyl (C=O) groups excluding carboxylic acids is 1. The van der Waals surface area contributed by atoms with Gasteiger partial charge in [-0.05, 0) is 30.9 Å². The number of hydrogen-bond donors (Lipinski definition) is 0. The molecule has 0 atom stereocenters. The summed E-state index contributed by atoms with van der Waals surface area (Å²) in [7, 11) is 1.44. The minimum Gasteiger partial charge on any atom is -0.494 e. The molecular formula is C18H21N3O3. The normalized spacial score (nSPS) is 15.3. The topological polar surface area (TPSA) is 64.4 Å². The van der Waals surface area contributed by atoms with Gasteiger partial charge in [0.2, 0.25) is 0 Å². The van der Waals surface area contributed by atoms with Crippen molar-refractivity contribution in [1.29, 1.82) is 0 Å². The quantitative estimate of drug-likeness (QED) is 0.866. The van der Waals surface area contributed by atoms with E-state index in [4.69, 9.17) is 4.74 Å². The molecule has 24 heavy (non-hydrogen) atoms. The Labute approximate surface area is 140 Å². The van der Waals surface area contributed by atoms with Crippen LogP contribution >= 0.6 is 0 Å². The summed E-state index contributed by atoms with van der Waals surface area (Å²) < 4.78 is 6.47. The fourth-order valence-electron chi connectivity index (χ4n) is 2.86. The monoisotopic (exact) mass is 327 g/mol. The first-order valence-electron chi connectivity index (χ1n) is 8.13. The number of ether oxygens (including phenoxy) is 1. The molecule has 1 fully saturated rings. The number of piperidine rings is 1. The molecule has 0 aliphatic carbocycles. The van der Waals surface area contributed by atoms with E-state index in [0.29, 0.717) is 24.7 Å². The Balaban J connectivity index is 2.00. The van der Waals surface area contributed by atoms with Crippen LogP contribution < -0.4 is 10.3 Å². The second kappa shape index (κ2) is 6.86. The molecule has 126 valence electrons. The third kappa shape index (κ3) is 3.18. The molecule has 0 bridgehead atoms. The third-order valence-corrected chi connectivity index (χ3v) is 4.39. The van der Waals surface area contributed by atoms with Crippen LogP contribution in [0.3, 0.4) is 0 Å². The predicted octanol–water partition coefficient (Wildman–Crippen LogP) is 2.11. The van der Waals surface area contributed by atoms with Gasteiger partial charge in [-0.3, -0.25) is 9.59 Å². The molecule has 0 unspecified atom stereocenters. The summed E-state index contributed by atoms with van der Waals surface area (Å²) >= 11 is 0. The van der Waals surface area contributed by atoms with Gasteiger partial charge in [-0.1, -0.05) is 25.1 Å². The summed E-state index contributed by atoms with van der Waals surface area (Å²) in [6.07, 6.45) is 1.96. The summed E-state index contributed by atoms with van der Waals surface area (Å²) in [6, 6.07) is 10.4. The fourth-order valence-corrected chi connectivity index (χ4v) is 2.86. The van der Waals surface area contributed by atoms with Crippen molar-refractivity contribution in [2.75, 3.05) is 20.2 Å². The van der Waals surface area contributed by atoms with Gasteiger partial charge in [0.1, 0.15) is 0 Å². The van der Waals surface area contributed by atoms with Gasteiger partial charge < -0.3 is 9.64 Å². The van der Waals surface area contributed by atoms with E-state index in [2.05, 4.69) is 12.0 Å². The summed E-state index contributed by atoms with van der Waals surface area (Å²) in [5.41, 5.74) is 0.462. The second-order valence-electron chi connectivity index (χ2n) is 6.12. The zero-order valence-corrected chi connectivity index (χ0v) is 13.9. The number of aromatic nitrogens is 2. The van der Waals surface area contributed by atoms with E-state index in [-0.39, 0.29) is 22.9 Å². The number of hydrogen-bond acceptors (Lipinski definition) is 4. The number of nitrogens with zero attached hydrogens (tertiary/aromatic N) is 3. The Bertz CT molecular complexity index is 778. The lowest BCUT2D eigenvalue weighted by Crippen LogP contribution is -2.39. The second-order valence-corrected chi connectivity index (χ2v) is 6.12. The van der Waals surface area contributed by atoms with E-state index < -0.39 is 0 Å². The lowest BCUT2D eigenvalue weighted by Gasteiger charge is -2.30. The molecule has 1 saturated heterocycles. The van der Waals surface area contributed by atoms with Crippen LogP contribution in [-0.2, 0) is 0 Å².